The third-order valence-electron chi connectivity index (χ3n) is 3.30. The van der Waals surface area contributed by atoms with Gasteiger partial charge in [0.25, 0.3) is 0 Å². The summed E-state index contributed by atoms with van der Waals surface area (Å²) in [5, 5.41) is 0.589. The lowest BCUT2D eigenvalue weighted by Crippen LogP contribution is -2.45. The van der Waals surface area contributed by atoms with Crippen molar-refractivity contribution in [1.29, 1.82) is 0 Å². The third-order valence-corrected chi connectivity index (χ3v) is 4.64. The van der Waals surface area contributed by atoms with Crippen LogP contribution in [0.3, 0.4) is 0 Å². The predicted octanol–water partition coefficient (Wildman–Crippen LogP) is 1.74. The van der Waals surface area contributed by atoms with Crippen LogP contribution in [0.5, 0.6) is 0 Å². The Labute approximate surface area is 113 Å². The van der Waals surface area contributed by atoms with E-state index in [-0.39, 0.29) is 0 Å². The van der Waals surface area contributed by atoms with Gasteiger partial charge in [-0.25, -0.2) is 0 Å². The Balaban J connectivity index is 2.26. The van der Waals surface area contributed by atoms with Gasteiger partial charge < -0.3 is 10.6 Å². The zero-order valence-electron chi connectivity index (χ0n) is 11.3. The summed E-state index contributed by atoms with van der Waals surface area (Å²) in [5.74, 6) is 2.99. The molecule has 0 spiro atoms. The second-order valence-electron chi connectivity index (χ2n) is 4.67. The fraction of sp³-hybridized carbons (Fsp3) is 0.750. The number of aryl methyl sites for hydroxylation is 1. The van der Waals surface area contributed by atoms with E-state index in [1.807, 2.05) is 11.8 Å². The number of thioether (sulfide) groups is 1. The second kappa shape index (κ2) is 5.73. The smallest absolute Gasteiger partial charge is 0.230 e. The van der Waals surface area contributed by atoms with Crippen molar-refractivity contribution < 1.29 is 0 Å². The van der Waals surface area contributed by atoms with Crippen molar-refractivity contribution >= 4 is 23.7 Å². The molecular formula is C12H21N5S. The molecule has 5 nitrogen and oxygen atoms in total. The van der Waals surface area contributed by atoms with Gasteiger partial charge in [-0.2, -0.15) is 26.7 Å². The first-order valence-electron chi connectivity index (χ1n) is 6.50. The van der Waals surface area contributed by atoms with Crippen molar-refractivity contribution in [1.82, 2.24) is 15.0 Å². The zero-order valence-corrected chi connectivity index (χ0v) is 12.1. The minimum Gasteiger partial charge on any atom is -0.368 e. The lowest BCUT2D eigenvalue weighted by Gasteiger charge is -2.37. The summed E-state index contributed by atoms with van der Waals surface area (Å²) in [7, 11) is 0. The maximum absolute atomic E-state index is 5.78. The molecule has 2 atom stereocenters. The Morgan fingerprint density at radius 1 is 1.33 bits per heavy atom. The van der Waals surface area contributed by atoms with E-state index >= 15 is 0 Å². The standard InChI is InChI=1S/C12H21N5S/c1-4-5-10-14-11(13)16-12(15-10)17-6-7-18-9(3)8(17)2/h8-9H,4-7H2,1-3H3,(H2,13,14,15,16). The molecule has 0 radical (unpaired) electrons. The van der Waals surface area contributed by atoms with Gasteiger partial charge >= 0.3 is 0 Å². The summed E-state index contributed by atoms with van der Waals surface area (Å²) in [6.45, 7) is 7.56. The van der Waals surface area contributed by atoms with Crippen LogP contribution < -0.4 is 10.6 Å². The minimum absolute atomic E-state index is 0.335. The SMILES string of the molecule is CCCc1nc(N)nc(N2CCSC(C)C2C)n1. The third kappa shape index (κ3) is 2.85. The van der Waals surface area contributed by atoms with Crippen molar-refractivity contribution in [3.63, 3.8) is 0 Å². The van der Waals surface area contributed by atoms with E-state index in [4.69, 9.17) is 5.73 Å². The van der Waals surface area contributed by atoms with Crippen LogP contribution in [0.1, 0.15) is 33.0 Å². The van der Waals surface area contributed by atoms with Gasteiger partial charge in [-0.3, -0.25) is 0 Å². The quantitative estimate of drug-likeness (QED) is 0.899. The number of aromatic nitrogens is 3. The van der Waals surface area contributed by atoms with Crippen LogP contribution in [0.4, 0.5) is 11.9 Å². The highest BCUT2D eigenvalue weighted by molar-refractivity contribution is 8.00. The van der Waals surface area contributed by atoms with Gasteiger partial charge in [0, 0.05) is 30.0 Å². The Morgan fingerprint density at radius 3 is 2.83 bits per heavy atom. The van der Waals surface area contributed by atoms with Gasteiger partial charge in [-0.15, -0.1) is 0 Å². The largest absolute Gasteiger partial charge is 0.368 e. The molecule has 1 aliphatic rings. The molecule has 18 heavy (non-hydrogen) atoms. The van der Waals surface area contributed by atoms with E-state index in [2.05, 4.69) is 40.6 Å². The highest BCUT2D eigenvalue weighted by Crippen LogP contribution is 2.27. The van der Waals surface area contributed by atoms with Crippen molar-refractivity contribution in [2.75, 3.05) is 22.9 Å². The lowest BCUT2D eigenvalue weighted by atomic mass is 10.2. The normalized spacial score (nSPS) is 24.3. The lowest BCUT2D eigenvalue weighted by molar-refractivity contribution is 0.607. The number of hydrogen-bond acceptors (Lipinski definition) is 6. The number of anilines is 2. The monoisotopic (exact) mass is 267 g/mol. The number of nitrogens with zero attached hydrogens (tertiary/aromatic N) is 4. The molecule has 2 rings (SSSR count). The Hall–Kier alpha value is -1.04. The summed E-state index contributed by atoms with van der Waals surface area (Å²) < 4.78 is 0. The van der Waals surface area contributed by atoms with Gasteiger partial charge in [0.05, 0.1) is 0 Å². The van der Waals surface area contributed by atoms with Crippen LogP contribution in [0, 0.1) is 0 Å². The van der Waals surface area contributed by atoms with Crippen LogP contribution in [-0.4, -0.2) is 38.5 Å². The zero-order chi connectivity index (χ0) is 13.1. The summed E-state index contributed by atoms with van der Waals surface area (Å²) in [6, 6.07) is 0.431. The van der Waals surface area contributed by atoms with Gasteiger partial charge in [0.2, 0.25) is 11.9 Å². The predicted molar refractivity (Wildman–Crippen MR) is 77.0 cm³/mol. The van der Waals surface area contributed by atoms with Crippen LogP contribution >= 0.6 is 11.8 Å². The van der Waals surface area contributed by atoms with Gasteiger partial charge in [0.1, 0.15) is 5.82 Å². The molecule has 2 N–H and O–H groups in total. The van der Waals surface area contributed by atoms with Crippen LogP contribution in [0.25, 0.3) is 0 Å². The van der Waals surface area contributed by atoms with Crippen molar-refractivity contribution in [2.24, 2.45) is 0 Å². The molecule has 0 saturated carbocycles. The molecule has 0 bridgehead atoms. The Morgan fingerprint density at radius 2 is 2.11 bits per heavy atom. The molecule has 6 heteroatoms. The molecule has 1 saturated heterocycles. The number of hydrogen-bond donors (Lipinski definition) is 1. The van der Waals surface area contributed by atoms with E-state index in [0.717, 1.165) is 36.9 Å². The summed E-state index contributed by atoms with van der Waals surface area (Å²) >= 11 is 2.00. The molecule has 2 unspecified atom stereocenters. The molecule has 1 aromatic heterocycles. The second-order valence-corrected chi connectivity index (χ2v) is 6.15. The molecule has 1 aliphatic heterocycles. The van der Waals surface area contributed by atoms with Gasteiger partial charge in [-0.05, 0) is 13.3 Å². The van der Waals surface area contributed by atoms with Crippen molar-refractivity contribution in [3.8, 4) is 0 Å². The molecular weight excluding hydrogens is 246 g/mol. The maximum Gasteiger partial charge on any atom is 0.230 e. The minimum atomic E-state index is 0.335. The molecule has 0 aromatic carbocycles. The van der Waals surface area contributed by atoms with Crippen LogP contribution in [-0.2, 0) is 6.42 Å². The average molecular weight is 267 g/mol. The number of nitrogen functional groups attached to an aromatic ring is 1. The average Bonchev–Trinajstić information content (AvgIpc) is 2.32. The van der Waals surface area contributed by atoms with E-state index in [9.17, 15) is 0 Å². The molecule has 100 valence electrons. The van der Waals surface area contributed by atoms with Crippen LogP contribution in [0.2, 0.25) is 0 Å². The van der Waals surface area contributed by atoms with Crippen molar-refractivity contribution in [3.05, 3.63) is 5.82 Å². The van der Waals surface area contributed by atoms with Crippen LogP contribution in [0.15, 0.2) is 0 Å². The van der Waals surface area contributed by atoms with Gasteiger partial charge in [0.15, 0.2) is 0 Å². The first kappa shape index (κ1) is 13.4. The fourth-order valence-electron chi connectivity index (χ4n) is 2.10. The molecule has 0 aliphatic carbocycles. The van der Waals surface area contributed by atoms with E-state index in [0.29, 0.717) is 17.2 Å². The molecule has 2 heterocycles. The Kier molecular flexibility index (Phi) is 4.27. The Bertz CT molecular complexity index is 411. The number of rotatable bonds is 3. The number of nitrogens with two attached hydrogens (primary N) is 1. The van der Waals surface area contributed by atoms with Gasteiger partial charge in [-0.1, -0.05) is 13.8 Å². The maximum atomic E-state index is 5.78. The molecule has 0 amide bonds. The summed E-state index contributed by atoms with van der Waals surface area (Å²) in [4.78, 5) is 15.3. The highest BCUT2D eigenvalue weighted by atomic mass is 32.2. The van der Waals surface area contributed by atoms with E-state index in [1.54, 1.807) is 0 Å². The fourth-order valence-corrected chi connectivity index (χ4v) is 3.20. The first-order valence-corrected chi connectivity index (χ1v) is 7.55. The van der Waals surface area contributed by atoms with Crippen molar-refractivity contribution in [2.45, 2.75) is 44.9 Å². The molecule has 1 aromatic rings. The summed E-state index contributed by atoms with van der Waals surface area (Å²) in [5.41, 5.74) is 5.78. The van der Waals surface area contributed by atoms with E-state index in [1.165, 1.54) is 0 Å². The molecule has 1 fully saturated rings. The highest BCUT2D eigenvalue weighted by Gasteiger charge is 2.27. The van der Waals surface area contributed by atoms with E-state index < -0.39 is 0 Å². The topological polar surface area (TPSA) is 67.9 Å². The first-order chi connectivity index (χ1) is 8.61. The summed E-state index contributed by atoms with van der Waals surface area (Å²) in [6.07, 6.45) is 1.87.